The molecule has 2 aromatic rings. The van der Waals surface area contributed by atoms with Gasteiger partial charge in [-0.3, -0.25) is 0 Å². The highest BCUT2D eigenvalue weighted by atomic mass is 16.5. The Labute approximate surface area is 123 Å². The molecule has 0 fully saturated rings. The third-order valence-corrected chi connectivity index (χ3v) is 2.82. The lowest BCUT2D eigenvalue weighted by Gasteiger charge is -2.09. The maximum atomic E-state index is 12.0. The molecule has 0 aliphatic carbocycles. The van der Waals surface area contributed by atoms with Crippen molar-refractivity contribution >= 4 is 11.7 Å². The number of benzene rings is 2. The number of carbonyl (C=O) groups excluding carboxylic acids is 1. The van der Waals surface area contributed by atoms with E-state index >= 15 is 0 Å². The quantitative estimate of drug-likeness (QED) is 0.502. The van der Waals surface area contributed by atoms with Gasteiger partial charge in [-0.2, -0.15) is 0 Å². The zero-order chi connectivity index (χ0) is 15.1. The summed E-state index contributed by atoms with van der Waals surface area (Å²) in [6.45, 7) is 4.12. The zero-order valence-corrected chi connectivity index (χ0v) is 11.6. The topological polar surface area (TPSA) is 61.5 Å². The van der Waals surface area contributed by atoms with Crippen LogP contribution in [0, 0.1) is 0 Å². The molecule has 4 heteroatoms. The van der Waals surface area contributed by atoms with E-state index in [0.29, 0.717) is 23.6 Å². The standard InChI is InChI=1S/C17H17NO3/c1-2-10-20-16-11-14(8-9-15(16)18)17(19)21-12-13-6-4-3-5-7-13/h2-9,11H,1,10,12,18H2. The number of rotatable bonds is 6. The van der Waals surface area contributed by atoms with Crippen LogP contribution in [0.2, 0.25) is 0 Å². The molecule has 0 amide bonds. The fraction of sp³-hybridized carbons (Fsp3) is 0.118. The minimum Gasteiger partial charge on any atom is -0.487 e. The van der Waals surface area contributed by atoms with Crippen molar-refractivity contribution in [2.45, 2.75) is 6.61 Å². The number of nitrogen functional groups attached to an aromatic ring is 1. The Morgan fingerprint density at radius 3 is 2.67 bits per heavy atom. The van der Waals surface area contributed by atoms with Crippen molar-refractivity contribution in [1.82, 2.24) is 0 Å². The summed E-state index contributed by atoms with van der Waals surface area (Å²) in [5, 5.41) is 0. The Morgan fingerprint density at radius 1 is 1.19 bits per heavy atom. The van der Waals surface area contributed by atoms with Crippen molar-refractivity contribution in [2.75, 3.05) is 12.3 Å². The van der Waals surface area contributed by atoms with Gasteiger partial charge in [0.1, 0.15) is 19.0 Å². The van der Waals surface area contributed by atoms with Crippen LogP contribution in [0.25, 0.3) is 0 Å². The van der Waals surface area contributed by atoms with Crippen molar-refractivity contribution in [3.05, 3.63) is 72.3 Å². The number of hydrogen-bond acceptors (Lipinski definition) is 4. The van der Waals surface area contributed by atoms with E-state index in [1.165, 1.54) is 0 Å². The highest BCUT2D eigenvalue weighted by molar-refractivity contribution is 5.90. The summed E-state index contributed by atoms with van der Waals surface area (Å²) in [5.74, 6) is 0.0337. The summed E-state index contributed by atoms with van der Waals surface area (Å²) < 4.78 is 10.6. The van der Waals surface area contributed by atoms with Crippen molar-refractivity contribution in [2.24, 2.45) is 0 Å². The van der Waals surface area contributed by atoms with Crippen molar-refractivity contribution in [3.8, 4) is 5.75 Å². The molecule has 0 aliphatic rings. The summed E-state index contributed by atoms with van der Waals surface area (Å²) in [4.78, 5) is 12.0. The molecule has 0 heterocycles. The number of esters is 1. The minimum absolute atomic E-state index is 0.229. The van der Waals surface area contributed by atoms with Crippen LogP contribution in [0.15, 0.2) is 61.2 Å². The first kappa shape index (κ1) is 14.7. The third kappa shape index (κ3) is 4.11. The molecule has 0 unspecified atom stereocenters. The van der Waals surface area contributed by atoms with Gasteiger partial charge in [-0.05, 0) is 23.8 Å². The van der Waals surface area contributed by atoms with E-state index in [2.05, 4.69) is 6.58 Å². The Bertz CT molecular complexity index is 623. The maximum absolute atomic E-state index is 12.0. The van der Waals surface area contributed by atoms with Gasteiger partial charge in [-0.15, -0.1) is 0 Å². The van der Waals surface area contributed by atoms with Crippen LogP contribution in [0.3, 0.4) is 0 Å². The van der Waals surface area contributed by atoms with Gasteiger partial charge in [0, 0.05) is 0 Å². The van der Waals surface area contributed by atoms with Gasteiger partial charge >= 0.3 is 5.97 Å². The summed E-state index contributed by atoms with van der Waals surface area (Å²) in [6.07, 6.45) is 1.61. The van der Waals surface area contributed by atoms with Gasteiger partial charge in [-0.25, -0.2) is 4.79 Å². The van der Waals surface area contributed by atoms with Crippen LogP contribution < -0.4 is 10.5 Å². The number of hydrogen-bond donors (Lipinski definition) is 1. The summed E-state index contributed by atoms with van der Waals surface area (Å²) >= 11 is 0. The third-order valence-electron chi connectivity index (χ3n) is 2.82. The van der Waals surface area contributed by atoms with E-state index in [1.54, 1.807) is 24.3 Å². The smallest absolute Gasteiger partial charge is 0.338 e. The average molecular weight is 283 g/mol. The van der Waals surface area contributed by atoms with E-state index in [-0.39, 0.29) is 6.61 Å². The number of nitrogens with two attached hydrogens (primary N) is 1. The van der Waals surface area contributed by atoms with Gasteiger partial charge in [0.05, 0.1) is 11.3 Å². The number of carbonyl (C=O) groups is 1. The number of anilines is 1. The summed E-state index contributed by atoms with van der Waals surface area (Å²) in [7, 11) is 0. The van der Waals surface area contributed by atoms with Crippen LogP contribution in [-0.2, 0) is 11.3 Å². The molecule has 108 valence electrons. The first-order chi connectivity index (χ1) is 10.2. The van der Waals surface area contributed by atoms with Crippen molar-refractivity contribution in [1.29, 1.82) is 0 Å². The fourth-order valence-electron chi connectivity index (χ4n) is 1.74. The molecule has 2 aromatic carbocycles. The summed E-state index contributed by atoms with van der Waals surface area (Å²) in [6, 6.07) is 14.3. The van der Waals surface area contributed by atoms with Crippen molar-refractivity contribution < 1.29 is 14.3 Å². The highest BCUT2D eigenvalue weighted by Crippen LogP contribution is 2.23. The summed E-state index contributed by atoms with van der Waals surface area (Å²) in [5.41, 5.74) is 7.59. The van der Waals surface area contributed by atoms with Gasteiger partial charge in [0.25, 0.3) is 0 Å². The van der Waals surface area contributed by atoms with Gasteiger partial charge in [0.15, 0.2) is 0 Å². The molecule has 0 atom stereocenters. The molecule has 2 N–H and O–H groups in total. The Balaban J connectivity index is 2.03. The molecule has 21 heavy (non-hydrogen) atoms. The first-order valence-corrected chi connectivity index (χ1v) is 6.55. The van der Waals surface area contributed by atoms with E-state index in [0.717, 1.165) is 5.56 Å². The SMILES string of the molecule is C=CCOc1cc(C(=O)OCc2ccccc2)ccc1N. The lowest BCUT2D eigenvalue weighted by atomic mass is 10.2. The lowest BCUT2D eigenvalue weighted by molar-refractivity contribution is 0.0472. The van der Waals surface area contributed by atoms with Gasteiger partial charge in [-0.1, -0.05) is 43.0 Å². The Kier molecular flexibility index (Phi) is 4.99. The molecule has 0 bridgehead atoms. The lowest BCUT2D eigenvalue weighted by Crippen LogP contribution is -2.07. The largest absolute Gasteiger partial charge is 0.487 e. The molecule has 0 saturated heterocycles. The molecule has 0 saturated carbocycles. The Hall–Kier alpha value is -2.75. The van der Waals surface area contributed by atoms with Crippen molar-refractivity contribution in [3.63, 3.8) is 0 Å². The monoisotopic (exact) mass is 283 g/mol. The second kappa shape index (κ2) is 7.14. The van der Waals surface area contributed by atoms with Crippen LogP contribution >= 0.6 is 0 Å². The first-order valence-electron chi connectivity index (χ1n) is 6.55. The van der Waals surface area contributed by atoms with E-state index in [4.69, 9.17) is 15.2 Å². The molecule has 2 rings (SSSR count). The van der Waals surface area contributed by atoms with Crippen LogP contribution in [0.5, 0.6) is 5.75 Å². The second-order valence-electron chi connectivity index (χ2n) is 4.41. The Morgan fingerprint density at radius 2 is 1.95 bits per heavy atom. The average Bonchev–Trinajstić information content (AvgIpc) is 2.53. The van der Waals surface area contributed by atoms with Crippen LogP contribution in [0.4, 0.5) is 5.69 Å². The predicted octanol–water partition coefficient (Wildman–Crippen LogP) is 3.19. The zero-order valence-electron chi connectivity index (χ0n) is 11.6. The van der Waals surface area contributed by atoms with E-state index in [1.807, 2.05) is 30.3 Å². The predicted molar refractivity (Wildman–Crippen MR) is 82.1 cm³/mol. The molecule has 4 nitrogen and oxygen atoms in total. The molecular formula is C17H17NO3. The second-order valence-corrected chi connectivity index (χ2v) is 4.41. The number of ether oxygens (including phenoxy) is 2. The molecule has 0 spiro atoms. The van der Waals surface area contributed by atoms with Crippen LogP contribution in [0.1, 0.15) is 15.9 Å². The van der Waals surface area contributed by atoms with E-state index < -0.39 is 5.97 Å². The normalized spacial score (nSPS) is 9.90. The highest BCUT2D eigenvalue weighted by Gasteiger charge is 2.10. The minimum atomic E-state index is -0.415. The molecule has 0 aliphatic heterocycles. The maximum Gasteiger partial charge on any atom is 0.338 e. The molecular weight excluding hydrogens is 266 g/mol. The van der Waals surface area contributed by atoms with E-state index in [9.17, 15) is 4.79 Å². The molecule has 0 aromatic heterocycles. The fourth-order valence-corrected chi connectivity index (χ4v) is 1.74. The van der Waals surface area contributed by atoms with Crippen LogP contribution in [-0.4, -0.2) is 12.6 Å². The molecule has 0 radical (unpaired) electrons. The van der Waals surface area contributed by atoms with Gasteiger partial charge in [0.2, 0.25) is 0 Å². The van der Waals surface area contributed by atoms with Gasteiger partial charge < -0.3 is 15.2 Å².